The average Bonchev–Trinajstić information content (AvgIpc) is 3.33. The first kappa shape index (κ1) is 22.0. The number of ether oxygens (including phenoxy) is 2. The number of carbonyl (C=O) groups is 1. The minimum Gasteiger partial charge on any atom is -0.497 e. The Morgan fingerprint density at radius 3 is 2.53 bits per heavy atom. The summed E-state index contributed by atoms with van der Waals surface area (Å²) in [5, 5.41) is 8.27. The van der Waals surface area contributed by atoms with Crippen LogP contribution in [0.3, 0.4) is 0 Å². The summed E-state index contributed by atoms with van der Waals surface area (Å²) >= 11 is 0. The topological polar surface area (TPSA) is 117 Å². The Labute approximate surface area is 185 Å². The second-order valence-corrected chi connectivity index (χ2v) is 9.22. The van der Waals surface area contributed by atoms with E-state index in [-0.39, 0.29) is 36.0 Å². The summed E-state index contributed by atoms with van der Waals surface area (Å²) in [6.07, 6.45) is 0.371. The zero-order valence-electron chi connectivity index (χ0n) is 18.3. The van der Waals surface area contributed by atoms with Gasteiger partial charge < -0.3 is 14.0 Å². The molecule has 0 atom stereocenters. The number of benzene rings is 1. The number of nitrogens with zero attached hydrogens (tertiary/aromatic N) is 4. The quantitative estimate of drug-likeness (QED) is 0.515. The molecule has 1 aromatic carbocycles. The van der Waals surface area contributed by atoms with Crippen molar-refractivity contribution >= 4 is 16.0 Å². The van der Waals surface area contributed by atoms with E-state index in [1.165, 1.54) is 4.31 Å². The van der Waals surface area contributed by atoms with Crippen molar-refractivity contribution in [1.82, 2.24) is 19.2 Å². The molecule has 11 heteroatoms. The molecule has 4 rings (SSSR count). The van der Waals surface area contributed by atoms with Gasteiger partial charge in [-0.05, 0) is 45.0 Å². The van der Waals surface area contributed by atoms with Crippen molar-refractivity contribution < 1.29 is 27.2 Å². The van der Waals surface area contributed by atoms with Gasteiger partial charge >= 0.3 is 5.97 Å². The van der Waals surface area contributed by atoms with Gasteiger partial charge in [0.05, 0.1) is 25.1 Å². The van der Waals surface area contributed by atoms with E-state index in [1.807, 2.05) is 12.1 Å². The molecule has 32 heavy (non-hydrogen) atoms. The molecule has 3 aromatic rings. The minimum absolute atomic E-state index is 0.00791. The molecule has 0 N–H and O–H groups in total. The number of methoxy groups -OCH3 is 1. The smallest absolute Gasteiger partial charge is 0.359 e. The Hall–Kier alpha value is -3.18. The van der Waals surface area contributed by atoms with Crippen LogP contribution >= 0.6 is 0 Å². The summed E-state index contributed by atoms with van der Waals surface area (Å²) in [5.74, 6) is 0.331. The van der Waals surface area contributed by atoms with Crippen molar-refractivity contribution in [2.75, 3.05) is 20.3 Å². The van der Waals surface area contributed by atoms with Crippen molar-refractivity contribution in [1.29, 1.82) is 0 Å². The molecular formula is C21H24N4O6S. The summed E-state index contributed by atoms with van der Waals surface area (Å²) in [4.78, 5) is 12.7. The van der Waals surface area contributed by atoms with Crippen LogP contribution < -0.4 is 4.74 Å². The van der Waals surface area contributed by atoms with E-state index in [0.29, 0.717) is 23.4 Å². The van der Waals surface area contributed by atoms with Gasteiger partial charge in [0.15, 0.2) is 11.5 Å². The van der Waals surface area contributed by atoms with E-state index in [0.717, 1.165) is 11.4 Å². The van der Waals surface area contributed by atoms with Gasteiger partial charge in [-0.3, -0.25) is 0 Å². The average molecular weight is 461 g/mol. The van der Waals surface area contributed by atoms with Gasteiger partial charge in [-0.2, -0.15) is 9.40 Å². The van der Waals surface area contributed by atoms with Gasteiger partial charge in [-0.25, -0.2) is 17.9 Å². The highest BCUT2D eigenvalue weighted by Crippen LogP contribution is 2.31. The van der Waals surface area contributed by atoms with Crippen molar-refractivity contribution in [2.24, 2.45) is 0 Å². The van der Waals surface area contributed by atoms with Gasteiger partial charge in [-0.1, -0.05) is 5.16 Å². The maximum absolute atomic E-state index is 13.3. The highest BCUT2D eigenvalue weighted by Gasteiger charge is 2.37. The lowest BCUT2D eigenvalue weighted by Gasteiger charge is -2.27. The standard InChI is InChI=1S/C21H24N4O6S/c1-5-30-21(26)19-17-12-24(32(27,28)20-13(2)23-31-14(20)3)11-10-18(17)25(22-19)15-6-8-16(29-4)9-7-15/h6-9H,5,10-12H2,1-4H3. The Kier molecular flexibility index (Phi) is 5.78. The number of aryl methyl sites for hydroxylation is 2. The van der Waals surface area contributed by atoms with Crippen molar-refractivity contribution in [3.8, 4) is 11.4 Å². The number of aromatic nitrogens is 3. The van der Waals surface area contributed by atoms with E-state index in [9.17, 15) is 13.2 Å². The third kappa shape index (κ3) is 3.67. The van der Waals surface area contributed by atoms with Crippen LogP contribution in [-0.4, -0.2) is 53.9 Å². The maximum Gasteiger partial charge on any atom is 0.359 e. The summed E-state index contributed by atoms with van der Waals surface area (Å²) in [6, 6.07) is 7.25. The number of sulfonamides is 1. The zero-order valence-corrected chi connectivity index (χ0v) is 19.1. The number of hydrogen-bond donors (Lipinski definition) is 0. The Morgan fingerprint density at radius 2 is 1.94 bits per heavy atom. The van der Waals surface area contributed by atoms with E-state index in [1.54, 1.807) is 44.7 Å². The summed E-state index contributed by atoms with van der Waals surface area (Å²) in [6.45, 7) is 5.26. The number of fused-ring (bicyclic) bond motifs is 1. The Morgan fingerprint density at radius 1 is 1.22 bits per heavy atom. The van der Waals surface area contributed by atoms with Crippen LogP contribution in [0.25, 0.3) is 5.69 Å². The fourth-order valence-electron chi connectivity index (χ4n) is 3.87. The predicted octanol–water partition coefficient (Wildman–Crippen LogP) is 2.41. The number of carbonyl (C=O) groups excluding carboxylic acids is 1. The maximum atomic E-state index is 13.3. The van der Waals surface area contributed by atoms with Gasteiger partial charge in [0.2, 0.25) is 10.0 Å². The third-order valence-corrected chi connectivity index (χ3v) is 7.46. The van der Waals surface area contributed by atoms with Crippen LogP contribution in [0.5, 0.6) is 5.75 Å². The van der Waals surface area contributed by atoms with E-state index in [2.05, 4.69) is 10.3 Å². The SMILES string of the molecule is CCOC(=O)c1nn(-c2ccc(OC)cc2)c2c1CN(S(=O)(=O)c1c(C)noc1C)CC2. The molecule has 1 aliphatic rings. The lowest BCUT2D eigenvalue weighted by Crippen LogP contribution is -2.37. The van der Waals surface area contributed by atoms with E-state index >= 15 is 0 Å². The molecule has 0 spiro atoms. The summed E-state index contributed by atoms with van der Waals surface area (Å²) < 4.78 is 45.1. The Balaban J connectivity index is 1.78. The van der Waals surface area contributed by atoms with Crippen LogP contribution in [0, 0.1) is 13.8 Å². The third-order valence-electron chi connectivity index (χ3n) is 5.37. The minimum atomic E-state index is -3.87. The molecular weight excluding hydrogens is 436 g/mol. The first-order chi connectivity index (χ1) is 15.3. The molecule has 170 valence electrons. The Bertz CT molecular complexity index is 1240. The molecule has 0 saturated carbocycles. The second kappa shape index (κ2) is 8.40. The molecule has 0 unspecified atom stereocenters. The number of esters is 1. The number of hydrogen-bond acceptors (Lipinski definition) is 8. The number of rotatable bonds is 6. The van der Waals surface area contributed by atoms with E-state index in [4.69, 9.17) is 14.0 Å². The lowest BCUT2D eigenvalue weighted by molar-refractivity contribution is 0.0517. The van der Waals surface area contributed by atoms with Gasteiger partial charge in [0.25, 0.3) is 0 Å². The molecule has 0 saturated heterocycles. The van der Waals surface area contributed by atoms with Gasteiger partial charge in [0.1, 0.15) is 16.3 Å². The van der Waals surface area contributed by atoms with Gasteiger partial charge in [-0.15, -0.1) is 0 Å². The van der Waals surface area contributed by atoms with Crippen molar-refractivity contribution in [3.05, 3.63) is 52.7 Å². The largest absolute Gasteiger partial charge is 0.497 e. The highest BCUT2D eigenvalue weighted by atomic mass is 32.2. The predicted molar refractivity (Wildman–Crippen MR) is 113 cm³/mol. The van der Waals surface area contributed by atoms with Crippen molar-refractivity contribution in [3.63, 3.8) is 0 Å². The molecule has 0 bridgehead atoms. The lowest BCUT2D eigenvalue weighted by atomic mass is 10.1. The fourth-order valence-corrected chi connectivity index (χ4v) is 5.57. The van der Waals surface area contributed by atoms with Crippen molar-refractivity contribution in [2.45, 2.75) is 38.6 Å². The molecule has 3 heterocycles. The molecule has 1 aliphatic heterocycles. The molecule has 0 aliphatic carbocycles. The molecule has 0 amide bonds. The first-order valence-electron chi connectivity index (χ1n) is 10.1. The van der Waals surface area contributed by atoms with E-state index < -0.39 is 16.0 Å². The second-order valence-electron chi connectivity index (χ2n) is 7.35. The molecule has 0 radical (unpaired) electrons. The molecule has 0 fully saturated rings. The van der Waals surface area contributed by atoms with Crippen LogP contribution in [0.4, 0.5) is 0 Å². The summed E-state index contributed by atoms with van der Waals surface area (Å²) in [7, 11) is -2.29. The van der Waals surface area contributed by atoms with Gasteiger partial charge in [0, 0.05) is 25.1 Å². The monoisotopic (exact) mass is 460 g/mol. The summed E-state index contributed by atoms with van der Waals surface area (Å²) in [5.41, 5.74) is 2.44. The zero-order chi connectivity index (χ0) is 23.0. The van der Waals surface area contributed by atoms with Crippen LogP contribution in [0.2, 0.25) is 0 Å². The van der Waals surface area contributed by atoms with Crippen LogP contribution in [0.1, 0.15) is 40.1 Å². The van der Waals surface area contributed by atoms with Crippen LogP contribution in [-0.2, 0) is 27.7 Å². The first-order valence-corrected chi connectivity index (χ1v) is 11.6. The van der Waals surface area contributed by atoms with Crippen LogP contribution in [0.15, 0.2) is 33.7 Å². The molecule has 10 nitrogen and oxygen atoms in total. The highest BCUT2D eigenvalue weighted by molar-refractivity contribution is 7.89. The molecule has 2 aromatic heterocycles. The normalized spacial score (nSPS) is 14.2. The fraction of sp³-hybridized carbons (Fsp3) is 0.381.